The van der Waals surface area contributed by atoms with Gasteiger partial charge in [0.2, 0.25) is 0 Å². The second-order valence-electron chi connectivity index (χ2n) is 8.09. The number of likely N-dealkylation sites (tertiary alicyclic amines) is 2. The molecule has 3 heterocycles. The molecule has 1 aromatic carbocycles. The molecule has 0 spiro atoms. The summed E-state index contributed by atoms with van der Waals surface area (Å²) in [7, 11) is 3.94. The van der Waals surface area contributed by atoms with Gasteiger partial charge >= 0.3 is 0 Å². The van der Waals surface area contributed by atoms with E-state index in [2.05, 4.69) is 14.9 Å². The molecule has 2 atom stereocenters. The molecule has 0 saturated carbocycles. The molecule has 0 radical (unpaired) electrons. The van der Waals surface area contributed by atoms with Crippen LogP contribution in [0.25, 0.3) is 0 Å². The van der Waals surface area contributed by atoms with Gasteiger partial charge in [0.1, 0.15) is 0 Å². The van der Waals surface area contributed by atoms with Gasteiger partial charge in [-0.25, -0.2) is 4.98 Å². The van der Waals surface area contributed by atoms with Gasteiger partial charge in [-0.3, -0.25) is 9.69 Å². The number of hydrogen-bond acceptors (Lipinski definition) is 5. The van der Waals surface area contributed by atoms with Gasteiger partial charge in [-0.05, 0) is 24.1 Å². The van der Waals surface area contributed by atoms with E-state index < -0.39 is 0 Å². The van der Waals surface area contributed by atoms with Gasteiger partial charge < -0.3 is 19.9 Å². The Labute approximate surface area is 159 Å². The predicted molar refractivity (Wildman–Crippen MR) is 104 cm³/mol. The van der Waals surface area contributed by atoms with Crippen molar-refractivity contribution in [3.05, 3.63) is 48.0 Å². The van der Waals surface area contributed by atoms with E-state index in [0.717, 1.165) is 31.0 Å². The molecule has 2 aliphatic heterocycles. The number of H-pyrrole nitrogens is 1. The topological polar surface area (TPSA) is 75.7 Å². The van der Waals surface area contributed by atoms with Gasteiger partial charge in [-0.15, -0.1) is 0 Å². The Hall–Kier alpha value is -2.38. The molecule has 7 heteroatoms. The normalized spacial score (nSPS) is 25.0. The number of carbonyl (C=O) groups excluding carboxylic acids is 1. The summed E-state index contributed by atoms with van der Waals surface area (Å²) in [5, 5.41) is 10.2. The Kier molecular flexibility index (Phi) is 4.65. The number of aromatic amines is 1. The highest BCUT2D eigenvalue weighted by Crippen LogP contribution is 2.43. The molecule has 1 aromatic heterocycles. The van der Waals surface area contributed by atoms with Crippen molar-refractivity contribution in [3.8, 4) is 0 Å². The van der Waals surface area contributed by atoms with E-state index in [1.807, 2.05) is 54.4 Å². The molecule has 2 aliphatic rings. The first-order chi connectivity index (χ1) is 13.0. The predicted octanol–water partition coefficient (Wildman–Crippen LogP) is 1.04. The van der Waals surface area contributed by atoms with Gasteiger partial charge in [0.25, 0.3) is 5.91 Å². The summed E-state index contributed by atoms with van der Waals surface area (Å²) in [4.78, 5) is 26.5. The number of nitrogens with one attached hydrogen (secondary N) is 1. The zero-order chi connectivity index (χ0) is 19.0. The van der Waals surface area contributed by atoms with E-state index in [-0.39, 0.29) is 17.9 Å². The first-order valence-electron chi connectivity index (χ1n) is 9.38. The van der Waals surface area contributed by atoms with E-state index >= 15 is 0 Å². The number of fused-ring (bicyclic) bond motifs is 1. The van der Waals surface area contributed by atoms with Crippen molar-refractivity contribution >= 4 is 11.6 Å². The number of aromatic nitrogens is 2. The molecule has 144 valence electrons. The number of hydrogen-bond donors (Lipinski definition) is 2. The highest BCUT2D eigenvalue weighted by molar-refractivity contribution is 5.95. The zero-order valence-corrected chi connectivity index (χ0v) is 15.9. The van der Waals surface area contributed by atoms with Crippen LogP contribution in [0.3, 0.4) is 0 Å². The third-order valence-electron chi connectivity index (χ3n) is 5.99. The Morgan fingerprint density at radius 1 is 1.37 bits per heavy atom. The molecular weight excluding hydrogens is 342 g/mol. The summed E-state index contributed by atoms with van der Waals surface area (Å²) in [6.07, 6.45) is 3.53. The van der Waals surface area contributed by atoms with Crippen LogP contribution < -0.4 is 4.90 Å². The Balaban J connectivity index is 1.46. The van der Waals surface area contributed by atoms with E-state index in [1.54, 1.807) is 6.33 Å². The van der Waals surface area contributed by atoms with Crippen LogP contribution in [0.5, 0.6) is 0 Å². The summed E-state index contributed by atoms with van der Waals surface area (Å²) in [5.74, 6) is 0.354. The van der Waals surface area contributed by atoms with E-state index in [0.29, 0.717) is 24.6 Å². The maximum atomic E-state index is 13.0. The van der Waals surface area contributed by atoms with Crippen LogP contribution >= 0.6 is 0 Å². The average molecular weight is 369 g/mol. The number of benzene rings is 1. The maximum Gasteiger partial charge on any atom is 0.253 e. The summed E-state index contributed by atoms with van der Waals surface area (Å²) in [5.41, 5.74) is 2.58. The summed E-state index contributed by atoms with van der Waals surface area (Å²) < 4.78 is 0. The van der Waals surface area contributed by atoms with Gasteiger partial charge in [0, 0.05) is 75.4 Å². The molecule has 2 aromatic rings. The minimum atomic E-state index is -0.227. The van der Waals surface area contributed by atoms with Crippen LogP contribution in [0.1, 0.15) is 16.1 Å². The van der Waals surface area contributed by atoms with Crippen molar-refractivity contribution in [2.75, 3.05) is 51.8 Å². The van der Waals surface area contributed by atoms with Crippen molar-refractivity contribution in [2.24, 2.45) is 11.3 Å². The minimum absolute atomic E-state index is 0.0565. The lowest BCUT2D eigenvalue weighted by atomic mass is 9.82. The van der Waals surface area contributed by atoms with Gasteiger partial charge in [0.05, 0.1) is 12.9 Å². The fourth-order valence-electron chi connectivity index (χ4n) is 4.50. The fourth-order valence-corrected chi connectivity index (χ4v) is 4.50. The highest BCUT2D eigenvalue weighted by Gasteiger charge is 2.53. The molecule has 0 aliphatic carbocycles. The fraction of sp³-hybridized carbons (Fsp3) is 0.500. The van der Waals surface area contributed by atoms with E-state index in [1.165, 1.54) is 0 Å². The summed E-state index contributed by atoms with van der Waals surface area (Å²) >= 11 is 0. The standard InChI is InChI=1S/C20H27N5O2/c1-23(2)18-5-3-4-15(6-18)19(27)25-9-16-8-24(10-17-7-21-14-22-17)11-20(16,12-25)13-26/h3-7,14,16,26H,8-13H2,1-2H3,(H,21,22)/t16-,20+/m0/s1. The molecule has 2 fully saturated rings. The second-order valence-corrected chi connectivity index (χ2v) is 8.09. The zero-order valence-electron chi connectivity index (χ0n) is 15.9. The van der Waals surface area contributed by atoms with Crippen molar-refractivity contribution in [1.29, 1.82) is 0 Å². The number of carbonyl (C=O) groups is 1. The molecule has 7 nitrogen and oxygen atoms in total. The van der Waals surface area contributed by atoms with Crippen LogP contribution in [-0.4, -0.2) is 77.7 Å². The minimum Gasteiger partial charge on any atom is -0.396 e. The third kappa shape index (κ3) is 3.33. The van der Waals surface area contributed by atoms with Crippen LogP contribution in [0.2, 0.25) is 0 Å². The average Bonchev–Trinajstić information content (AvgIpc) is 3.36. The molecule has 2 N–H and O–H groups in total. The smallest absolute Gasteiger partial charge is 0.253 e. The summed E-state index contributed by atoms with van der Waals surface area (Å²) in [6.45, 7) is 3.91. The lowest BCUT2D eigenvalue weighted by Gasteiger charge is -2.27. The lowest BCUT2D eigenvalue weighted by molar-refractivity contribution is 0.0718. The van der Waals surface area contributed by atoms with Crippen LogP contribution in [0.4, 0.5) is 5.69 Å². The van der Waals surface area contributed by atoms with Crippen molar-refractivity contribution in [2.45, 2.75) is 6.54 Å². The number of amides is 1. The van der Waals surface area contributed by atoms with E-state index in [4.69, 9.17) is 0 Å². The first kappa shape index (κ1) is 18.0. The second kappa shape index (κ2) is 6.98. The summed E-state index contributed by atoms with van der Waals surface area (Å²) in [6, 6.07) is 7.73. The Bertz CT molecular complexity index is 806. The first-order valence-corrected chi connectivity index (χ1v) is 9.38. The van der Waals surface area contributed by atoms with E-state index in [9.17, 15) is 9.90 Å². The Morgan fingerprint density at radius 3 is 2.89 bits per heavy atom. The number of aliphatic hydroxyl groups excluding tert-OH is 1. The molecule has 2 saturated heterocycles. The van der Waals surface area contributed by atoms with Crippen LogP contribution in [0.15, 0.2) is 36.8 Å². The number of aliphatic hydroxyl groups is 1. The van der Waals surface area contributed by atoms with Gasteiger partial charge in [-0.1, -0.05) is 6.07 Å². The SMILES string of the molecule is CN(C)c1cccc(C(=O)N2C[C@@H]3CN(Cc4cnc[nH]4)C[C@]3(CO)C2)c1. The number of rotatable bonds is 5. The molecule has 4 rings (SSSR count). The molecule has 0 unspecified atom stereocenters. The van der Waals surface area contributed by atoms with Crippen molar-refractivity contribution in [3.63, 3.8) is 0 Å². The largest absolute Gasteiger partial charge is 0.396 e. The molecular formula is C20H27N5O2. The van der Waals surface area contributed by atoms with Crippen molar-refractivity contribution < 1.29 is 9.90 Å². The molecule has 27 heavy (non-hydrogen) atoms. The number of anilines is 1. The number of imidazole rings is 1. The van der Waals surface area contributed by atoms with Crippen LogP contribution in [-0.2, 0) is 6.54 Å². The molecule has 1 amide bonds. The maximum absolute atomic E-state index is 13.0. The third-order valence-corrected chi connectivity index (χ3v) is 5.99. The lowest BCUT2D eigenvalue weighted by Crippen LogP contribution is -2.38. The molecule has 0 bridgehead atoms. The monoisotopic (exact) mass is 369 g/mol. The van der Waals surface area contributed by atoms with Crippen LogP contribution in [0, 0.1) is 11.3 Å². The quantitative estimate of drug-likeness (QED) is 0.824. The Morgan fingerprint density at radius 2 is 2.22 bits per heavy atom. The van der Waals surface area contributed by atoms with Crippen molar-refractivity contribution in [1.82, 2.24) is 19.8 Å². The highest BCUT2D eigenvalue weighted by atomic mass is 16.3. The van der Waals surface area contributed by atoms with Gasteiger partial charge in [0.15, 0.2) is 0 Å². The van der Waals surface area contributed by atoms with Gasteiger partial charge in [-0.2, -0.15) is 0 Å². The number of nitrogens with zero attached hydrogens (tertiary/aromatic N) is 4.